The van der Waals surface area contributed by atoms with Gasteiger partial charge in [-0.15, -0.1) is 0 Å². The minimum atomic E-state index is -0.369. The number of amides is 1. The predicted octanol–water partition coefficient (Wildman–Crippen LogP) is 4.48. The van der Waals surface area contributed by atoms with E-state index >= 15 is 0 Å². The van der Waals surface area contributed by atoms with Crippen molar-refractivity contribution in [2.45, 2.75) is 56.5 Å². The molecule has 1 saturated carbocycles. The van der Waals surface area contributed by atoms with Crippen molar-refractivity contribution < 1.29 is 9.53 Å². The number of carbonyl (C=O) groups is 1. The van der Waals surface area contributed by atoms with Crippen LogP contribution >= 0.6 is 0 Å². The second-order valence-corrected chi connectivity index (χ2v) is 9.20. The lowest BCUT2D eigenvalue weighted by molar-refractivity contribution is -0.131. The molecular formula is C26H32N4O2. The highest BCUT2D eigenvalue weighted by atomic mass is 16.5. The Bertz CT molecular complexity index is 1010. The fourth-order valence-electron chi connectivity index (χ4n) is 5.32. The number of aliphatic imine (C=N–C) groups is 1. The Labute approximate surface area is 190 Å². The molecule has 2 aromatic rings. The fourth-order valence-corrected chi connectivity index (χ4v) is 5.32. The van der Waals surface area contributed by atoms with E-state index in [1.165, 1.54) is 12.8 Å². The van der Waals surface area contributed by atoms with Gasteiger partial charge >= 0.3 is 0 Å². The smallest absolute Gasteiger partial charge is 0.227 e. The summed E-state index contributed by atoms with van der Waals surface area (Å²) in [5, 5.41) is 7.44. The molecule has 2 fully saturated rings. The molecule has 3 aliphatic rings. The summed E-state index contributed by atoms with van der Waals surface area (Å²) < 4.78 is 5.46. The highest BCUT2D eigenvalue weighted by molar-refractivity contribution is 6.10. The standard InChI is InChI=1S/C26H32N4O2/c1-32-23-14-7-2-9-19(23)17-24(31)30-16-8-15-26(18-30)25(27-20-10-3-4-11-20)28-21-12-5-6-13-22(21)29-26/h2,5-7,9,12-14,20,29H,3-4,8,10-11,15-18H2,1H3,(H,27,28). The summed E-state index contributed by atoms with van der Waals surface area (Å²) >= 11 is 0. The summed E-state index contributed by atoms with van der Waals surface area (Å²) in [5.74, 6) is 1.90. The van der Waals surface area contributed by atoms with E-state index in [-0.39, 0.29) is 11.4 Å². The summed E-state index contributed by atoms with van der Waals surface area (Å²) in [5.41, 5.74) is 2.70. The maximum Gasteiger partial charge on any atom is 0.227 e. The van der Waals surface area contributed by atoms with E-state index < -0.39 is 0 Å². The molecule has 1 atom stereocenters. The number of para-hydroxylation sites is 3. The van der Waals surface area contributed by atoms with Gasteiger partial charge in [-0.25, -0.2) is 0 Å². The van der Waals surface area contributed by atoms with Crippen molar-refractivity contribution in [3.63, 3.8) is 0 Å². The lowest BCUT2D eigenvalue weighted by Gasteiger charge is -2.47. The van der Waals surface area contributed by atoms with Crippen molar-refractivity contribution in [2.24, 2.45) is 4.99 Å². The lowest BCUT2D eigenvalue weighted by Crippen LogP contribution is -2.62. The quantitative estimate of drug-likeness (QED) is 0.748. The Hall–Kier alpha value is -3.02. The molecule has 2 N–H and O–H groups in total. The van der Waals surface area contributed by atoms with Crippen LogP contribution in [0.1, 0.15) is 44.1 Å². The highest BCUT2D eigenvalue weighted by Crippen LogP contribution is 2.37. The maximum absolute atomic E-state index is 13.3. The van der Waals surface area contributed by atoms with E-state index in [9.17, 15) is 4.79 Å². The molecule has 2 aliphatic heterocycles. The van der Waals surface area contributed by atoms with Gasteiger partial charge in [0, 0.05) is 12.1 Å². The number of fused-ring (bicyclic) bond motifs is 1. The predicted molar refractivity (Wildman–Crippen MR) is 129 cm³/mol. The van der Waals surface area contributed by atoms with Gasteiger partial charge < -0.3 is 20.3 Å². The molecule has 1 unspecified atom stereocenters. The van der Waals surface area contributed by atoms with Crippen molar-refractivity contribution in [3.8, 4) is 5.75 Å². The Balaban J connectivity index is 1.42. The zero-order chi connectivity index (χ0) is 22.0. The van der Waals surface area contributed by atoms with E-state index in [1.54, 1.807) is 7.11 Å². The average molecular weight is 433 g/mol. The Morgan fingerprint density at radius 2 is 1.84 bits per heavy atom. The average Bonchev–Trinajstić information content (AvgIpc) is 3.33. The van der Waals surface area contributed by atoms with Gasteiger partial charge in [0.1, 0.15) is 17.1 Å². The monoisotopic (exact) mass is 432 g/mol. The zero-order valence-electron chi connectivity index (χ0n) is 18.8. The third kappa shape index (κ3) is 4.06. The van der Waals surface area contributed by atoms with Crippen molar-refractivity contribution in [1.29, 1.82) is 0 Å². The third-order valence-electron chi connectivity index (χ3n) is 7.02. The van der Waals surface area contributed by atoms with E-state index in [0.29, 0.717) is 19.0 Å². The molecular weight excluding hydrogens is 400 g/mol. The molecule has 0 radical (unpaired) electrons. The van der Waals surface area contributed by atoms with Gasteiger partial charge in [-0.2, -0.15) is 0 Å². The van der Waals surface area contributed by atoms with Crippen LogP contribution < -0.4 is 15.4 Å². The van der Waals surface area contributed by atoms with Crippen LogP contribution in [0.4, 0.5) is 11.4 Å². The molecule has 1 aliphatic carbocycles. The van der Waals surface area contributed by atoms with E-state index in [0.717, 1.165) is 60.8 Å². The summed E-state index contributed by atoms with van der Waals surface area (Å²) in [4.78, 5) is 20.5. The largest absolute Gasteiger partial charge is 0.496 e. The molecule has 2 aromatic carbocycles. The SMILES string of the molecule is COc1ccccc1CC(=O)N1CCCC2(C1)Nc1ccccc1NC2=NC1CCCC1. The fraction of sp³-hybridized carbons (Fsp3) is 0.462. The number of anilines is 2. The molecule has 0 bridgehead atoms. The first-order valence-corrected chi connectivity index (χ1v) is 11.8. The van der Waals surface area contributed by atoms with Crippen LogP contribution in [-0.2, 0) is 11.2 Å². The number of methoxy groups -OCH3 is 1. The van der Waals surface area contributed by atoms with Gasteiger partial charge in [-0.05, 0) is 43.9 Å². The van der Waals surface area contributed by atoms with Crippen molar-refractivity contribution in [1.82, 2.24) is 4.90 Å². The lowest BCUT2D eigenvalue weighted by atomic mass is 9.84. The number of carbonyl (C=O) groups excluding carboxylic acids is 1. The summed E-state index contributed by atoms with van der Waals surface area (Å²) in [7, 11) is 1.65. The summed E-state index contributed by atoms with van der Waals surface area (Å²) in [6.07, 6.45) is 7.05. The van der Waals surface area contributed by atoms with Gasteiger partial charge in [-0.1, -0.05) is 43.2 Å². The molecule has 6 nitrogen and oxygen atoms in total. The minimum Gasteiger partial charge on any atom is -0.496 e. The van der Waals surface area contributed by atoms with Gasteiger partial charge in [-0.3, -0.25) is 9.79 Å². The van der Waals surface area contributed by atoms with Gasteiger partial charge in [0.05, 0.1) is 37.5 Å². The number of hydrogen-bond donors (Lipinski definition) is 2. The molecule has 5 rings (SSSR count). The number of likely N-dealkylation sites (tertiary alicyclic amines) is 1. The zero-order valence-corrected chi connectivity index (χ0v) is 18.8. The van der Waals surface area contributed by atoms with Crippen LogP contribution in [0.3, 0.4) is 0 Å². The molecule has 32 heavy (non-hydrogen) atoms. The number of rotatable bonds is 4. The molecule has 0 aromatic heterocycles. The molecule has 2 heterocycles. The molecule has 1 amide bonds. The first-order valence-electron chi connectivity index (χ1n) is 11.8. The summed E-state index contributed by atoms with van der Waals surface area (Å²) in [6, 6.07) is 16.4. The Morgan fingerprint density at radius 1 is 1.09 bits per heavy atom. The minimum absolute atomic E-state index is 0.134. The first kappa shape index (κ1) is 20.9. The number of piperidine rings is 1. The van der Waals surface area contributed by atoms with Crippen molar-refractivity contribution in [3.05, 3.63) is 54.1 Å². The van der Waals surface area contributed by atoms with Gasteiger partial charge in [0.2, 0.25) is 5.91 Å². The van der Waals surface area contributed by atoms with Crippen molar-refractivity contribution in [2.75, 3.05) is 30.8 Å². The number of nitrogens with zero attached hydrogens (tertiary/aromatic N) is 2. The van der Waals surface area contributed by atoms with Gasteiger partial charge in [0.25, 0.3) is 0 Å². The van der Waals surface area contributed by atoms with Crippen LogP contribution in [0, 0.1) is 0 Å². The number of ether oxygens (including phenoxy) is 1. The number of hydrogen-bond acceptors (Lipinski definition) is 4. The van der Waals surface area contributed by atoms with Crippen LogP contribution in [0.15, 0.2) is 53.5 Å². The molecule has 6 heteroatoms. The normalized spacial score (nSPS) is 24.2. The van der Waals surface area contributed by atoms with Crippen LogP contribution in [0.25, 0.3) is 0 Å². The molecule has 1 spiro atoms. The highest BCUT2D eigenvalue weighted by Gasteiger charge is 2.45. The van der Waals surface area contributed by atoms with E-state index in [1.807, 2.05) is 41.3 Å². The number of amidine groups is 1. The van der Waals surface area contributed by atoms with Gasteiger partial charge in [0.15, 0.2) is 0 Å². The van der Waals surface area contributed by atoms with Crippen LogP contribution in [0.2, 0.25) is 0 Å². The molecule has 168 valence electrons. The number of nitrogens with one attached hydrogen (secondary N) is 2. The van der Waals surface area contributed by atoms with Crippen molar-refractivity contribution >= 4 is 23.1 Å². The number of benzene rings is 2. The second-order valence-electron chi connectivity index (χ2n) is 9.20. The Morgan fingerprint density at radius 3 is 2.66 bits per heavy atom. The topological polar surface area (TPSA) is 66.0 Å². The Kier molecular flexibility index (Phi) is 5.77. The van der Waals surface area contributed by atoms with E-state index in [2.05, 4.69) is 22.8 Å². The third-order valence-corrected chi connectivity index (χ3v) is 7.02. The first-order chi connectivity index (χ1) is 15.7. The second kappa shape index (κ2) is 8.85. The maximum atomic E-state index is 13.3. The van der Waals surface area contributed by atoms with Crippen LogP contribution in [-0.4, -0.2) is 48.4 Å². The van der Waals surface area contributed by atoms with Crippen LogP contribution in [0.5, 0.6) is 5.75 Å². The summed E-state index contributed by atoms with van der Waals surface area (Å²) in [6.45, 7) is 1.39. The van der Waals surface area contributed by atoms with E-state index in [4.69, 9.17) is 9.73 Å². The molecule has 1 saturated heterocycles.